The zero-order valence-corrected chi connectivity index (χ0v) is 12.9. The highest BCUT2D eigenvalue weighted by atomic mass is 16.5. The van der Waals surface area contributed by atoms with Crippen molar-refractivity contribution in [3.8, 4) is 5.75 Å². The Hall–Kier alpha value is -1.06. The van der Waals surface area contributed by atoms with Crippen molar-refractivity contribution in [3.63, 3.8) is 0 Å². The van der Waals surface area contributed by atoms with E-state index >= 15 is 0 Å². The van der Waals surface area contributed by atoms with Crippen molar-refractivity contribution in [1.29, 1.82) is 0 Å². The number of benzene rings is 1. The highest BCUT2D eigenvalue weighted by Crippen LogP contribution is 2.21. The molecule has 0 unspecified atom stereocenters. The summed E-state index contributed by atoms with van der Waals surface area (Å²) in [5, 5.41) is 10.1. The number of likely N-dealkylation sites (tertiary alicyclic amines) is 1. The van der Waals surface area contributed by atoms with Crippen molar-refractivity contribution < 1.29 is 9.84 Å². The van der Waals surface area contributed by atoms with E-state index in [0.717, 1.165) is 30.7 Å². The van der Waals surface area contributed by atoms with Gasteiger partial charge < -0.3 is 14.7 Å². The number of rotatable bonds is 5. The largest absolute Gasteiger partial charge is 0.491 e. The number of piperidine rings is 1. The van der Waals surface area contributed by atoms with Crippen LogP contribution in [0.15, 0.2) is 24.3 Å². The summed E-state index contributed by atoms with van der Waals surface area (Å²) in [7, 11) is 0. The van der Waals surface area contributed by atoms with E-state index in [-0.39, 0.29) is 0 Å². The summed E-state index contributed by atoms with van der Waals surface area (Å²) in [6.07, 6.45) is 0.875. The Morgan fingerprint density at radius 1 is 1.30 bits per heavy atom. The third-order valence-electron chi connectivity index (χ3n) is 3.85. The van der Waals surface area contributed by atoms with E-state index < -0.39 is 6.10 Å². The van der Waals surface area contributed by atoms with E-state index in [9.17, 15) is 5.11 Å². The third-order valence-corrected chi connectivity index (χ3v) is 3.85. The fourth-order valence-electron chi connectivity index (χ4n) is 3.19. The molecule has 112 valence electrons. The SMILES string of the molecule is Cc1cccc(OC[C@H](O)CN2C[C@@H](C)C[C@H](C)C2)c1. The molecular formula is C17H27NO2. The highest BCUT2D eigenvalue weighted by molar-refractivity contribution is 5.27. The summed E-state index contributed by atoms with van der Waals surface area (Å²) in [5.74, 6) is 2.29. The number of hydrogen-bond donors (Lipinski definition) is 1. The summed E-state index contributed by atoms with van der Waals surface area (Å²) in [6.45, 7) is 9.87. The third kappa shape index (κ3) is 4.80. The Kier molecular flexibility index (Phi) is 5.44. The van der Waals surface area contributed by atoms with E-state index in [1.54, 1.807) is 0 Å². The molecule has 1 aliphatic rings. The van der Waals surface area contributed by atoms with Gasteiger partial charge in [0.05, 0.1) is 0 Å². The molecule has 2 rings (SSSR count). The zero-order valence-electron chi connectivity index (χ0n) is 12.9. The van der Waals surface area contributed by atoms with Gasteiger partial charge in [-0.1, -0.05) is 26.0 Å². The summed E-state index contributed by atoms with van der Waals surface area (Å²) in [5.41, 5.74) is 1.18. The highest BCUT2D eigenvalue weighted by Gasteiger charge is 2.23. The normalized spacial score (nSPS) is 25.4. The first-order valence-electron chi connectivity index (χ1n) is 7.63. The van der Waals surface area contributed by atoms with Crippen LogP contribution in [0.1, 0.15) is 25.8 Å². The number of β-amino-alcohol motifs (C(OH)–C–C–N with tert-alkyl or cyclic N) is 1. The maximum atomic E-state index is 10.1. The molecule has 20 heavy (non-hydrogen) atoms. The van der Waals surface area contributed by atoms with Gasteiger partial charge >= 0.3 is 0 Å². The van der Waals surface area contributed by atoms with Crippen molar-refractivity contribution in [1.82, 2.24) is 4.90 Å². The van der Waals surface area contributed by atoms with Crippen molar-refractivity contribution in [2.45, 2.75) is 33.3 Å². The molecule has 3 nitrogen and oxygen atoms in total. The average Bonchev–Trinajstić information content (AvgIpc) is 2.35. The second-order valence-electron chi connectivity index (χ2n) is 6.45. The van der Waals surface area contributed by atoms with Crippen LogP contribution in [0.2, 0.25) is 0 Å². The first-order chi connectivity index (χ1) is 9.52. The predicted molar refractivity (Wildman–Crippen MR) is 82.1 cm³/mol. The number of nitrogens with zero attached hydrogens (tertiary/aromatic N) is 1. The minimum Gasteiger partial charge on any atom is -0.491 e. The maximum absolute atomic E-state index is 10.1. The Balaban J connectivity index is 1.76. The standard InChI is InChI=1S/C17H27NO2/c1-13-5-4-6-17(8-13)20-12-16(19)11-18-9-14(2)7-15(3)10-18/h4-6,8,14-16,19H,7,9-12H2,1-3H3/t14-,15-,16+/m0/s1. The topological polar surface area (TPSA) is 32.7 Å². The van der Waals surface area contributed by atoms with Gasteiger partial charge in [-0.2, -0.15) is 0 Å². The van der Waals surface area contributed by atoms with Crippen LogP contribution in [0, 0.1) is 18.8 Å². The quantitative estimate of drug-likeness (QED) is 0.898. The molecular weight excluding hydrogens is 250 g/mol. The van der Waals surface area contributed by atoms with Gasteiger partial charge in [0.1, 0.15) is 18.5 Å². The number of hydrogen-bond acceptors (Lipinski definition) is 3. The van der Waals surface area contributed by atoms with Crippen LogP contribution in [-0.4, -0.2) is 42.4 Å². The van der Waals surface area contributed by atoms with E-state index in [1.165, 1.54) is 12.0 Å². The molecule has 1 saturated heterocycles. The molecule has 0 bridgehead atoms. The maximum Gasteiger partial charge on any atom is 0.119 e. The minimum absolute atomic E-state index is 0.364. The molecule has 1 aliphatic heterocycles. The minimum atomic E-state index is -0.423. The van der Waals surface area contributed by atoms with Gasteiger partial charge in [0, 0.05) is 19.6 Å². The van der Waals surface area contributed by atoms with Gasteiger partial charge in [-0.05, 0) is 42.9 Å². The number of aliphatic hydroxyl groups is 1. The van der Waals surface area contributed by atoms with Crippen LogP contribution in [-0.2, 0) is 0 Å². The fourth-order valence-corrected chi connectivity index (χ4v) is 3.19. The van der Waals surface area contributed by atoms with Crippen molar-refractivity contribution in [2.24, 2.45) is 11.8 Å². The molecule has 0 radical (unpaired) electrons. The van der Waals surface area contributed by atoms with Crippen molar-refractivity contribution in [2.75, 3.05) is 26.2 Å². The molecule has 1 fully saturated rings. The molecule has 1 heterocycles. The average molecular weight is 277 g/mol. The van der Waals surface area contributed by atoms with E-state index in [0.29, 0.717) is 13.2 Å². The van der Waals surface area contributed by atoms with Gasteiger partial charge in [0.15, 0.2) is 0 Å². The van der Waals surface area contributed by atoms with E-state index in [2.05, 4.69) is 18.7 Å². The van der Waals surface area contributed by atoms with Crippen LogP contribution in [0.5, 0.6) is 5.75 Å². The van der Waals surface area contributed by atoms with Gasteiger partial charge in [-0.25, -0.2) is 0 Å². The molecule has 0 aliphatic carbocycles. The number of aryl methyl sites for hydroxylation is 1. The lowest BCUT2D eigenvalue weighted by Crippen LogP contribution is -2.43. The Labute approximate surface area is 122 Å². The Bertz CT molecular complexity index is 411. The van der Waals surface area contributed by atoms with Gasteiger partial charge in [-0.3, -0.25) is 0 Å². The Morgan fingerprint density at radius 2 is 2.00 bits per heavy atom. The molecule has 1 aromatic rings. The van der Waals surface area contributed by atoms with Crippen LogP contribution in [0.3, 0.4) is 0 Å². The second kappa shape index (κ2) is 7.09. The zero-order chi connectivity index (χ0) is 14.5. The molecule has 0 aromatic heterocycles. The first-order valence-corrected chi connectivity index (χ1v) is 7.63. The summed E-state index contributed by atoms with van der Waals surface area (Å²) in [6, 6.07) is 7.95. The fraction of sp³-hybridized carbons (Fsp3) is 0.647. The summed E-state index contributed by atoms with van der Waals surface area (Å²) < 4.78 is 5.67. The van der Waals surface area contributed by atoms with Crippen LogP contribution < -0.4 is 4.74 Å². The van der Waals surface area contributed by atoms with Crippen molar-refractivity contribution >= 4 is 0 Å². The monoisotopic (exact) mass is 277 g/mol. The molecule has 3 atom stereocenters. The van der Waals surface area contributed by atoms with Gasteiger partial charge in [0.25, 0.3) is 0 Å². The lowest BCUT2D eigenvalue weighted by atomic mass is 9.92. The second-order valence-corrected chi connectivity index (χ2v) is 6.45. The Morgan fingerprint density at radius 3 is 2.65 bits per heavy atom. The smallest absolute Gasteiger partial charge is 0.119 e. The predicted octanol–water partition coefficient (Wildman–Crippen LogP) is 2.71. The lowest BCUT2D eigenvalue weighted by molar-refractivity contribution is 0.0429. The lowest BCUT2D eigenvalue weighted by Gasteiger charge is -2.35. The molecule has 0 saturated carbocycles. The summed E-state index contributed by atoms with van der Waals surface area (Å²) in [4.78, 5) is 2.36. The van der Waals surface area contributed by atoms with Crippen LogP contribution in [0.25, 0.3) is 0 Å². The molecule has 3 heteroatoms. The first kappa shape index (κ1) is 15.3. The number of ether oxygens (including phenoxy) is 1. The van der Waals surface area contributed by atoms with Crippen molar-refractivity contribution in [3.05, 3.63) is 29.8 Å². The van der Waals surface area contributed by atoms with Crippen LogP contribution in [0.4, 0.5) is 0 Å². The molecule has 1 N–H and O–H groups in total. The molecule has 1 aromatic carbocycles. The molecule has 0 amide bonds. The van der Waals surface area contributed by atoms with Gasteiger partial charge in [0.2, 0.25) is 0 Å². The number of aliphatic hydroxyl groups excluding tert-OH is 1. The van der Waals surface area contributed by atoms with Crippen LogP contribution >= 0.6 is 0 Å². The van der Waals surface area contributed by atoms with E-state index in [1.807, 2.05) is 31.2 Å². The molecule has 0 spiro atoms. The summed E-state index contributed by atoms with van der Waals surface area (Å²) >= 11 is 0. The van der Waals surface area contributed by atoms with E-state index in [4.69, 9.17) is 4.74 Å². The van der Waals surface area contributed by atoms with Gasteiger partial charge in [-0.15, -0.1) is 0 Å².